The normalized spacial score (nSPS) is 10.3. The summed E-state index contributed by atoms with van der Waals surface area (Å²) >= 11 is 0. The summed E-state index contributed by atoms with van der Waals surface area (Å²) in [4.78, 5) is 21.2. The van der Waals surface area contributed by atoms with Gasteiger partial charge >= 0.3 is 11.7 Å². The number of ether oxygens (including phenoxy) is 1. The second kappa shape index (κ2) is 6.04. The third kappa shape index (κ3) is 3.35. The predicted octanol–water partition coefficient (Wildman–Crippen LogP) is 2.69. The highest BCUT2D eigenvalue weighted by atomic mass is 16.6. The van der Waals surface area contributed by atoms with E-state index in [1.165, 1.54) is 18.3 Å². The molecule has 1 N–H and O–H groups in total. The molecule has 110 valence electrons. The van der Waals surface area contributed by atoms with Gasteiger partial charge in [-0.25, -0.2) is 4.79 Å². The van der Waals surface area contributed by atoms with E-state index >= 15 is 0 Å². The van der Waals surface area contributed by atoms with Crippen LogP contribution in [0.2, 0.25) is 0 Å². The van der Waals surface area contributed by atoms with Crippen LogP contribution in [-0.4, -0.2) is 25.8 Å². The molecule has 0 amide bonds. The molecule has 0 spiro atoms. The fraction of sp³-hybridized carbons (Fsp3) is 0.231. The number of aryl methyl sites for hydroxylation is 1. The minimum absolute atomic E-state index is 0.0268. The van der Waals surface area contributed by atoms with Gasteiger partial charge < -0.3 is 9.84 Å². The lowest BCUT2D eigenvalue weighted by atomic mass is 10.2. The number of nitro benzene ring substituents is 1. The van der Waals surface area contributed by atoms with Crippen LogP contribution in [0.3, 0.4) is 0 Å². The van der Waals surface area contributed by atoms with Crippen molar-refractivity contribution < 1.29 is 19.6 Å². The van der Waals surface area contributed by atoms with E-state index in [4.69, 9.17) is 9.84 Å². The average molecular weight is 291 g/mol. The van der Waals surface area contributed by atoms with Crippen molar-refractivity contribution in [1.82, 2.24) is 9.78 Å². The van der Waals surface area contributed by atoms with Crippen LogP contribution in [-0.2, 0) is 6.54 Å². The van der Waals surface area contributed by atoms with Crippen molar-refractivity contribution >= 4 is 11.7 Å². The van der Waals surface area contributed by atoms with Crippen molar-refractivity contribution in [3.05, 3.63) is 46.3 Å². The first kappa shape index (κ1) is 14.5. The smallest absolute Gasteiger partial charge is 0.335 e. The minimum Gasteiger partial charge on any atom is -0.478 e. The van der Waals surface area contributed by atoms with Crippen molar-refractivity contribution in [2.75, 3.05) is 0 Å². The van der Waals surface area contributed by atoms with Crippen LogP contribution >= 0.6 is 0 Å². The summed E-state index contributed by atoms with van der Waals surface area (Å²) in [5.41, 5.74) is -0.575. The molecule has 2 rings (SSSR count). The summed E-state index contributed by atoms with van der Waals surface area (Å²) in [5, 5.41) is 23.9. The lowest BCUT2D eigenvalue weighted by Gasteiger charge is -2.04. The van der Waals surface area contributed by atoms with E-state index in [9.17, 15) is 14.9 Å². The summed E-state index contributed by atoms with van der Waals surface area (Å²) < 4.78 is 7.07. The number of benzene rings is 1. The van der Waals surface area contributed by atoms with Gasteiger partial charge in [-0.15, -0.1) is 0 Å². The highest BCUT2D eigenvalue weighted by molar-refractivity contribution is 5.88. The number of aromatic carboxylic acids is 1. The molecule has 0 saturated carbocycles. The Balaban J connectivity index is 2.29. The monoisotopic (exact) mass is 291 g/mol. The van der Waals surface area contributed by atoms with E-state index in [1.54, 1.807) is 10.9 Å². The standard InChI is InChI=1S/C13H13N3O5/c1-2-5-15-8-10(7-14-15)21-12-4-3-9(13(17)18)6-11(12)16(19)20/h3-4,6-8H,2,5H2,1H3,(H,17,18). The zero-order valence-electron chi connectivity index (χ0n) is 11.2. The maximum absolute atomic E-state index is 11.0. The number of nitro groups is 1. The summed E-state index contributed by atoms with van der Waals surface area (Å²) in [6.07, 6.45) is 3.97. The van der Waals surface area contributed by atoms with Gasteiger partial charge in [-0.3, -0.25) is 14.8 Å². The molecule has 0 aliphatic rings. The third-order valence-corrected chi connectivity index (χ3v) is 2.69. The molecule has 1 aromatic heterocycles. The van der Waals surface area contributed by atoms with Crippen molar-refractivity contribution in [1.29, 1.82) is 0 Å². The molecule has 0 saturated heterocycles. The number of nitrogens with zero attached hydrogens (tertiary/aromatic N) is 3. The average Bonchev–Trinajstić information content (AvgIpc) is 2.86. The summed E-state index contributed by atoms with van der Waals surface area (Å²) in [7, 11) is 0. The molecule has 8 heteroatoms. The van der Waals surface area contributed by atoms with Gasteiger partial charge in [0.1, 0.15) is 0 Å². The SMILES string of the molecule is CCCn1cc(Oc2ccc(C(=O)O)cc2[N+](=O)[O-])cn1. The van der Waals surface area contributed by atoms with Crippen molar-refractivity contribution in [2.24, 2.45) is 0 Å². The molecule has 21 heavy (non-hydrogen) atoms. The van der Waals surface area contributed by atoms with Crippen molar-refractivity contribution in [2.45, 2.75) is 19.9 Å². The fourth-order valence-corrected chi connectivity index (χ4v) is 1.76. The Hall–Kier alpha value is -2.90. The van der Waals surface area contributed by atoms with E-state index in [0.717, 1.165) is 12.5 Å². The Kier molecular flexibility index (Phi) is 4.17. The van der Waals surface area contributed by atoms with E-state index in [1.807, 2.05) is 6.92 Å². The molecular formula is C13H13N3O5. The quantitative estimate of drug-likeness (QED) is 0.647. The maximum Gasteiger partial charge on any atom is 0.335 e. The van der Waals surface area contributed by atoms with E-state index in [0.29, 0.717) is 12.3 Å². The lowest BCUT2D eigenvalue weighted by molar-refractivity contribution is -0.385. The van der Waals surface area contributed by atoms with Crippen LogP contribution in [0.1, 0.15) is 23.7 Å². The van der Waals surface area contributed by atoms with E-state index < -0.39 is 16.6 Å². The Labute approximate surface area is 119 Å². The molecule has 0 atom stereocenters. The van der Waals surface area contributed by atoms with Gasteiger partial charge in [-0.05, 0) is 18.6 Å². The Bertz CT molecular complexity index is 680. The van der Waals surface area contributed by atoms with Gasteiger partial charge in [0.25, 0.3) is 0 Å². The second-order valence-corrected chi connectivity index (χ2v) is 4.29. The van der Waals surface area contributed by atoms with Crippen molar-refractivity contribution in [3.63, 3.8) is 0 Å². The number of hydrogen-bond acceptors (Lipinski definition) is 5. The predicted molar refractivity (Wildman–Crippen MR) is 72.6 cm³/mol. The molecule has 8 nitrogen and oxygen atoms in total. The molecule has 2 aromatic rings. The van der Waals surface area contributed by atoms with Gasteiger partial charge in [0.2, 0.25) is 5.75 Å². The van der Waals surface area contributed by atoms with Crippen LogP contribution in [0.4, 0.5) is 5.69 Å². The van der Waals surface area contributed by atoms with E-state index in [-0.39, 0.29) is 11.3 Å². The molecule has 0 unspecified atom stereocenters. The number of carboxylic acid groups (broad SMARTS) is 1. The van der Waals surface area contributed by atoms with Crippen LogP contribution in [0.5, 0.6) is 11.5 Å². The largest absolute Gasteiger partial charge is 0.478 e. The van der Waals surface area contributed by atoms with Gasteiger partial charge in [0, 0.05) is 12.6 Å². The number of aromatic nitrogens is 2. The summed E-state index contributed by atoms with van der Waals surface area (Å²) in [5.74, 6) is -0.906. The highest BCUT2D eigenvalue weighted by Crippen LogP contribution is 2.32. The van der Waals surface area contributed by atoms with Crippen LogP contribution in [0, 0.1) is 10.1 Å². The van der Waals surface area contributed by atoms with Crippen LogP contribution < -0.4 is 4.74 Å². The zero-order chi connectivity index (χ0) is 15.4. The van der Waals surface area contributed by atoms with Gasteiger partial charge in [-0.2, -0.15) is 5.10 Å². The lowest BCUT2D eigenvalue weighted by Crippen LogP contribution is -2.00. The minimum atomic E-state index is -1.24. The first-order valence-electron chi connectivity index (χ1n) is 6.23. The molecule has 0 radical (unpaired) electrons. The maximum atomic E-state index is 11.0. The number of carboxylic acids is 1. The highest BCUT2D eigenvalue weighted by Gasteiger charge is 2.19. The van der Waals surface area contributed by atoms with Gasteiger partial charge in [0.15, 0.2) is 5.75 Å². The Morgan fingerprint density at radius 1 is 1.52 bits per heavy atom. The number of hydrogen-bond donors (Lipinski definition) is 1. The van der Waals surface area contributed by atoms with Crippen molar-refractivity contribution in [3.8, 4) is 11.5 Å². The van der Waals surface area contributed by atoms with Crippen LogP contribution in [0.15, 0.2) is 30.6 Å². The molecule has 0 fully saturated rings. The Morgan fingerprint density at radius 3 is 2.90 bits per heavy atom. The van der Waals surface area contributed by atoms with Gasteiger partial charge in [-0.1, -0.05) is 6.92 Å². The number of carbonyl (C=O) groups is 1. The molecular weight excluding hydrogens is 278 g/mol. The summed E-state index contributed by atoms with van der Waals surface area (Å²) in [6, 6.07) is 3.48. The first-order valence-corrected chi connectivity index (χ1v) is 6.23. The Morgan fingerprint density at radius 2 is 2.29 bits per heavy atom. The van der Waals surface area contributed by atoms with Gasteiger partial charge in [0.05, 0.1) is 22.9 Å². The fourth-order valence-electron chi connectivity index (χ4n) is 1.76. The number of rotatable bonds is 6. The summed E-state index contributed by atoms with van der Waals surface area (Å²) in [6.45, 7) is 2.71. The third-order valence-electron chi connectivity index (χ3n) is 2.69. The second-order valence-electron chi connectivity index (χ2n) is 4.29. The van der Waals surface area contributed by atoms with Crippen LogP contribution in [0.25, 0.3) is 0 Å². The van der Waals surface area contributed by atoms with E-state index in [2.05, 4.69) is 5.10 Å². The zero-order valence-corrected chi connectivity index (χ0v) is 11.2. The first-order chi connectivity index (χ1) is 10.0. The molecule has 1 heterocycles. The molecule has 0 aliphatic heterocycles. The topological polar surface area (TPSA) is 107 Å². The molecule has 0 bridgehead atoms. The molecule has 0 aliphatic carbocycles. The molecule has 1 aromatic carbocycles.